The van der Waals surface area contributed by atoms with Gasteiger partial charge in [0.05, 0.1) is 39.5 Å². The summed E-state index contributed by atoms with van der Waals surface area (Å²) in [5.74, 6) is -0.387. The van der Waals surface area contributed by atoms with Crippen LogP contribution >= 0.6 is 11.3 Å². The number of aromatic nitrogens is 3. The monoisotopic (exact) mass is 637 g/mol. The van der Waals surface area contributed by atoms with Gasteiger partial charge in [0.2, 0.25) is 11.8 Å². The Bertz CT molecular complexity index is 2010. The summed E-state index contributed by atoms with van der Waals surface area (Å²) in [6.07, 6.45) is 1.66. The molecule has 0 radical (unpaired) electrons. The molecule has 5 aromatic rings. The Kier molecular flexibility index (Phi) is 7.01. The van der Waals surface area contributed by atoms with Gasteiger partial charge in [-0.05, 0) is 66.6 Å². The first-order valence-electron chi connectivity index (χ1n) is 15.4. The Labute approximate surface area is 267 Å². The van der Waals surface area contributed by atoms with Gasteiger partial charge in [-0.1, -0.05) is 36.4 Å². The van der Waals surface area contributed by atoms with Crippen LogP contribution in [0.4, 0.5) is 8.78 Å². The molecule has 46 heavy (non-hydrogen) atoms. The quantitative estimate of drug-likeness (QED) is 0.202. The van der Waals surface area contributed by atoms with E-state index in [9.17, 15) is 14.0 Å². The zero-order valence-corrected chi connectivity index (χ0v) is 25.7. The topological polar surface area (TPSA) is 101 Å². The van der Waals surface area contributed by atoms with E-state index in [0.29, 0.717) is 55.8 Å². The summed E-state index contributed by atoms with van der Waals surface area (Å²) >= 11 is 1.26. The first kappa shape index (κ1) is 28.7. The Hall–Kier alpha value is -4.77. The van der Waals surface area contributed by atoms with Crippen molar-refractivity contribution < 1.29 is 22.8 Å². The van der Waals surface area contributed by atoms with Crippen molar-refractivity contribution >= 4 is 23.2 Å². The molecule has 2 aliphatic heterocycles. The molecule has 3 aliphatic rings. The van der Waals surface area contributed by atoms with E-state index in [0.717, 1.165) is 31.2 Å². The minimum absolute atomic E-state index is 0.0790. The van der Waals surface area contributed by atoms with Crippen molar-refractivity contribution in [2.24, 2.45) is 0 Å². The lowest BCUT2D eigenvalue weighted by Crippen LogP contribution is -2.26. The fourth-order valence-corrected chi connectivity index (χ4v) is 8.03. The lowest BCUT2D eigenvalue weighted by molar-refractivity contribution is 0.0776. The summed E-state index contributed by atoms with van der Waals surface area (Å²) in [7, 11) is 0. The molecule has 3 atom stereocenters. The maximum atomic E-state index is 15.9. The summed E-state index contributed by atoms with van der Waals surface area (Å²) in [5.41, 5.74) is 4.95. The van der Waals surface area contributed by atoms with Crippen molar-refractivity contribution in [1.82, 2.24) is 25.4 Å². The minimum atomic E-state index is -1.52. The molecule has 8 nitrogen and oxygen atoms in total. The standard InChI is InChI=1S/C35H29F2N5O3S/c1-18-40-41-34(45-18)29-25(17-23(37)20-8-11-21(36)12-9-20)38-32-26-7-4-16-42(26)35(44)31(32)30(29)27-14-15-28(46-27)33(43)39-24-13-10-19-5-2-3-6-22(19)24/h2-3,5-6,8-9,11-12,14-15,23-24,26H,4,7,10,13,16-17H2,1H3,(H,39,43)/t23-,24-,26+/m1/s1. The molecule has 2 aromatic carbocycles. The molecule has 2 amide bonds. The smallest absolute Gasteiger partial charge is 0.261 e. The SMILES string of the molecule is Cc1nnc(-c2c(C[C@@H](F)c3ccc(F)cc3)nc3c(c2-c2ccc(C(=O)N[C@@H]4CCc5ccccc54)s2)C(=O)N2CCC[C@@H]32)o1. The van der Waals surface area contributed by atoms with Gasteiger partial charge in [0.25, 0.3) is 11.8 Å². The van der Waals surface area contributed by atoms with Crippen molar-refractivity contribution in [3.8, 4) is 21.9 Å². The van der Waals surface area contributed by atoms with E-state index in [-0.39, 0.29) is 36.2 Å². The Morgan fingerprint density at radius 1 is 1.07 bits per heavy atom. The average molecular weight is 638 g/mol. The number of nitrogens with one attached hydrogen (secondary N) is 1. The third kappa shape index (κ3) is 4.81. The first-order chi connectivity index (χ1) is 22.4. The van der Waals surface area contributed by atoms with Gasteiger partial charge in [-0.3, -0.25) is 14.6 Å². The number of halogens is 2. The number of hydrogen-bond acceptors (Lipinski definition) is 7. The fraction of sp³-hybridized carbons (Fsp3) is 0.286. The van der Waals surface area contributed by atoms with Gasteiger partial charge >= 0.3 is 0 Å². The second-order valence-electron chi connectivity index (χ2n) is 12.0. The molecule has 0 unspecified atom stereocenters. The van der Waals surface area contributed by atoms with Crippen LogP contribution in [0.25, 0.3) is 21.9 Å². The highest BCUT2D eigenvalue weighted by Gasteiger charge is 2.45. The summed E-state index contributed by atoms with van der Waals surface area (Å²) in [6, 6.07) is 16.7. The number of fused-ring (bicyclic) bond motifs is 4. The van der Waals surface area contributed by atoms with Gasteiger partial charge in [-0.15, -0.1) is 21.5 Å². The number of carbonyl (C=O) groups excluding carboxylic acids is 2. The number of rotatable bonds is 7. The Morgan fingerprint density at radius 2 is 1.89 bits per heavy atom. The van der Waals surface area contributed by atoms with Crippen LogP contribution in [0.3, 0.4) is 0 Å². The zero-order chi connectivity index (χ0) is 31.5. The van der Waals surface area contributed by atoms with Crippen molar-refractivity contribution in [1.29, 1.82) is 0 Å². The van der Waals surface area contributed by atoms with Crippen LogP contribution in [0.1, 0.15) is 91.5 Å². The van der Waals surface area contributed by atoms with Crippen LogP contribution in [-0.4, -0.2) is 38.4 Å². The van der Waals surface area contributed by atoms with E-state index in [4.69, 9.17) is 9.40 Å². The minimum Gasteiger partial charge on any atom is -0.421 e. The first-order valence-corrected chi connectivity index (χ1v) is 16.2. The van der Waals surface area contributed by atoms with Gasteiger partial charge in [-0.2, -0.15) is 0 Å². The van der Waals surface area contributed by atoms with Crippen LogP contribution < -0.4 is 5.32 Å². The number of alkyl halides is 1. The van der Waals surface area contributed by atoms with Crippen LogP contribution in [0, 0.1) is 12.7 Å². The molecular weight excluding hydrogens is 608 g/mol. The van der Waals surface area contributed by atoms with Crippen LogP contribution in [-0.2, 0) is 12.8 Å². The average Bonchev–Trinajstić information content (AvgIpc) is 3.89. The zero-order valence-electron chi connectivity index (χ0n) is 24.9. The highest BCUT2D eigenvalue weighted by Crippen LogP contribution is 2.49. The number of aryl methyl sites for hydroxylation is 2. The highest BCUT2D eigenvalue weighted by atomic mass is 32.1. The highest BCUT2D eigenvalue weighted by molar-refractivity contribution is 7.17. The second kappa shape index (κ2) is 11.2. The second-order valence-corrected chi connectivity index (χ2v) is 13.1. The van der Waals surface area contributed by atoms with E-state index < -0.39 is 12.0 Å². The van der Waals surface area contributed by atoms with Gasteiger partial charge in [-0.25, -0.2) is 8.78 Å². The fourth-order valence-electron chi connectivity index (χ4n) is 7.06. The van der Waals surface area contributed by atoms with E-state index in [2.05, 4.69) is 27.6 Å². The summed E-state index contributed by atoms with van der Waals surface area (Å²) in [4.78, 5) is 35.4. The Balaban J connectivity index is 1.24. The molecule has 232 valence electrons. The number of pyridine rings is 1. The lowest BCUT2D eigenvalue weighted by Gasteiger charge is -2.17. The molecule has 1 aliphatic carbocycles. The predicted octanol–water partition coefficient (Wildman–Crippen LogP) is 7.27. The maximum absolute atomic E-state index is 15.9. The van der Waals surface area contributed by atoms with Gasteiger partial charge in [0.1, 0.15) is 12.0 Å². The molecule has 1 saturated heterocycles. The molecular formula is C35H29F2N5O3S. The number of benzene rings is 2. The van der Waals surface area contributed by atoms with E-state index in [1.165, 1.54) is 41.2 Å². The van der Waals surface area contributed by atoms with E-state index >= 15 is 4.39 Å². The number of carbonyl (C=O) groups is 2. The molecule has 0 spiro atoms. The van der Waals surface area contributed by atoms with Crippen molar-refractivity contribution in [2.45, 2.75) is 57.3 Å². The molecule has 0 saturated carbocycles. The van der Waals surface area contributed by atoms with Crippen LogP contribution in [0.15, 0.2) is 65.1 Å². The largest absolute Gasteiger partial charge is 0.421 e. The summed E-state index contributed by atoms with van der Waals surface area (Å²) in [6.45, 7) is 2.26. The molecule has 1 N–H and O–H groups in total. The molecule has 8 rings (SSSR count). The van der Waals surface area contributed by atoms with Crippen LogP contribution in [0.5, 0.6) is 0 Å². The number of nitrogens with zero attached hydrogens (tertiary/aromatic N) is 4. The molecule has 1 fully saturated rings. The maximum Gasteiger partial charge on any atom is 0.261 e. The Morgan fingerprint density at radius 3 is 2.70 bits per heavy atom. The third-order valence-corrected chi connectivity index (χ3v) is 10.3. The van der Waals surface area contributed by atoms with Gasteiger partial charge in [0, 0.05) is 30.3 Å². The van der Waals surface area contributed by atoms with Crippen LogP contribution in [0.2, 0.25) is 0 Å². The van der Waals surface area contributed by atoms with E-state index in [1.54, 1.807) is 13.0 Å². The lowest BCUT2D eigenvalue weighted by atomic mass is 9.92. The van der Waals surface area contributed by atoms with Crippen molar-refractivity contribution in [3.63, 3.8) is 0 Å². The van der Waals surface area contributed by atoms with E-state index in [1.807, 2.05) is 23.1 Å². The third-order valence-electron chi connectivity index (χ3n) is 9.20. The molecule has 11 heteroatoms. The van der Waals surface area contributed by atoms with Crippen molar-refractivity contribution in [3.05, 3.63) is 111 Å². The van der Waals surface area contributed by atoms with Gasteiger partial charge in [0.15, 0.2) is 0 Å². The predicted molar refractivity (Wildman–Crippen MR) is 168 cm³/mol. The normalized spacial score (nSPS) is 18.8. The van der Waals surface area contributed by atoms with Gasteiger partial charge < -0.3 is 14.6 Å². The number of amides is 2. The summed E-state index contributed by atoms with van der Waals surface area (Å²) < 4.78 is 35.5. The summed E-state index contributed by atoms with van der Waals surface area (Å²) in [5, 5.41) is 11.5. The molecule has 5 heterocycles. The number of thiophene rings is 1. The molecule has 3 aromatic heterocycles. The number of hydrogen-bond donors (Lipinski definition) is 1. The van der Waals surface area contributed by atoms with Crippen molar-refractivity contribution in [2.75, 3.05) is 6.54 Å². The molecule has 0 bridgehead atoms.